The van der Waals surface area contributed by atoms with E-state index in [1.54, 1.807) is 0 Å². The van der Waals surface area contributed by atoms with Crippen LogP contribution < -0.4 is 5.32 Å². The summed E-state index contributed by atoms with van der Waals surface area (Å²) >= 11 is 12.0. The summed E-state index contributed by atoms with van der Waals surface area (Å²) < 4.78 is 0. The van der Waals surface area contributed by atoms with Gasteiger partial charge in [0.15, 0.2) is 11.4 Å². The molecule has 112 valence electrons. The lowest BCUT2D eigenvalue weighted by Crippen LogP contribution is -2.36. The van der Waals surface area contributed by atoms with Gasteiger partial charge < -0.3 is 10.4 Å². The number of ketones is 1. The van der Waals surface area contributed by atoms with Gasteiger partial charge in [-0.05, 0) is 24.3 Å². The van der Waals surface area contributed by atoms with Crippen LogP contribution >= 0.6 is 23.2 Å². The van der Waals surface area contributed by atoms with Crippen LogP contribution in [0.3, 0.4) is 0 Å². The van der Waals surface area contributed by atoms with Crippen LogP contribution in [0.1, 0.15) is 22.3 Å². The van der Waals surface area contributed by atoms with Gasteiger partial charge in [0, 0.05) is 28.5 Å². The number of fused-ring (bicyclic) bond motifs is 1. The van der Waals surface area contributed by atoms with Crippen molar-refractivity contribution >= 4 is 40.6 Å². The predicted octanol–water partition coefficient (Wildman–Crippen LogP) is 2.80. The van der Waals surface area contributed by atoms with Crippen LogP contribution in [0.25, 0.3) is 0 Å². The van der Waals surface area contributed by atoms with Crippen molar-refractivity contribution in [3.8, 4) is 0 Å². The molecule has 7 heteroatoms. The molecule has 2 heterocycles. The number of amides is 1. The Bertz CT molecular complexity index is 780. The third kappa shape index (κ3) is 2.37. The van der Waals surface area contributed by atoms with Gasteiger partial charge in [-0.2, -0.15) is 0 Å². The molecule has 0 unspecified atom stereocenters. The van der Waals surface area contributed by atoms with Crippen molar-refractivity contribution in [1.82, 2.24) is 4.98 Å². The number of pyridine rings is 1. The largest absolute Gasteiger partial charge is 0.375 e. The van der Waals surface area contributed by atoms with Crippen molar-refractivity contribution in [1.29, 1.82) is 0 Å². The van der Waals surface area contributed by atoms with Gasteiger partial charge in [0.25, 0.3) is 5.91 Å². The van der Waals surface area contributed by atoms with Crippen LogP contribution in [0, 0.1) is 0 Å². The Morgan fingerprint density at radius 2 is 1.95 bits per heavy atom. The minimum Gasteiger partial charge on any atom is -0.375 e. The zero-order valence-corrected chi connectivity index (χ0v) is 12.6. The Morgan fingerprint density at radius 3 is 2.64 bits per heavy atom. The van der Waals surface area contributed by atoms with Crippen molar-refractivity contribution in [3.05, 3.63) is 57.8 Å². The molecule has 0 saturated heterocycles. The number of anilines is 1. The zero-order valence-electron chi connectivity index (χ0n) is 11.1. The minimum absolute atomic E-state index is 0.130. The molecule has 1 aliphatic heterocycles. The quantitative estimate of drug-likeness (QED) is 0.844. The number of nitrogens with zero attached hydrogens (tertiary/aromatic N) is 1. The fourth-order valence-electron chi connectivity index (χ4n) is 2.47. The average Bonchev–Trinajstić information content (AvgIpc) is 2.70. The first-order valence-electron chi connectivity index (χ1n) is 6.38. The lowest BCUT2D eigenvalue weighted by molar-refractivity contribution is -0.133. The van der Waals surface area contributed by atoms with Gasteiger partial charge in [0.05, 0.1) is 17.1 Å². The van der Waals surface area contributed by atoms with Crippen molar-refractivity contribution < 1.29 is 14.7 Å². The summed E-state index contributed by atoms with van der Waals surface area (Å²) in [6, 6.07) is 5.94. The van der Waals surface area contributed by atoms with E-state index in [1.165, 1.54) is 36.7 Å². The Kier molecular flexibility index (Phi) is 3.64. The number of Topliss-reactive ketones (excluding diaryl/α,β-unsaturated/α-hetero) is 1. The second-order valence-corrected chi connectivity index (χ2v) is 5.80. The smallest absolute Gasteiger partial charge is 0.261 e. The Hall–Kier alpha value is -1.95. The molecule has 2 N–H and O–H groups in total. The molecule has 0 fully saturated rings. The second kappa shape index (κ2) is 5.35. The lowest BCUT2D eigenvalue weighted by atomic mass is 9.88. The number of carbonyl (C=O) groups is 2. The number of hydrogen-bond acceptors (Lipinski definition) is 4. The molecule has 0 spiro atoms. The molecule has 1 atom stereocenters. The molecule has 0 saturated carbocycles. The maximum atomic E-state index is 12.3. The summed E-state index contributed by atoms with van der Waals surface area (Å²) in [5.74, 6) is -1.09. The first-order chi connectivity index (χ1) is 10.4. The third-order valence-electron chi connectivity index (χ3n) is 3.51. The topological polar surface area (TPSA) is 79.3 Å². The second-order valence-electron chi connectivity index (χ2n) is 4.96. The van der Waals surface area contributed by atoms with Gasteiger partial charge in [-0.25, -0.2) is 0 Å². The Morgan fingerprint density at radius 1 is 1.27 bits per heavy atom. The van der Waals surface area contributed by atoms with Gasteiger partial charge in [-0.3, -0.25) is 14.6 Å². The van der Waals surface area contributed by atoms with Crippen molar-refractivity contribution in [2.24, 2.45) is 0 Å². The SMILES string of the molecule is O=C(C[C@@]1(O)C(=O)Nc2cc(Cl)cc(Cl)c21)c1ccncc1. The van der Waals surface area contributed by atoms with Gasteiger partial charge in [-0.15, -0.1) is 0 Å². The van der Waals surface area contributed by atoms with Crippen LogP contribution in [-0.2, 0) is 10.4 Å². The molecule has 0 aliphatic carbocycles. The van der Waals surface area contributed by atoms with Gasteiger partial charge in [0.2, 0.25) is 0 Å². The van der Waals surface area contributed by atoms with E-state index in [1.807, 2.05) is 0 Å². The Labute approximate surface area is 135 Å². The molecular formula is C15H10Cl2N2O3. The van der Waals surface area contributed by atoms with Crippen molar-refractivity contribution in [3.63, 3.8) is 0 Å². The maximum Gasteiger partial charge on any atom is 0.261 e. The van der Waals surface area contributed by atoms with Gasteiger partial charge >= 0.3 is 0 Å². The maximum absolute atomic E-state index is 12.3. The minimum atomic E-state index is -2.02. The number of aliphatic hydroxyl groups is 1. The summed E-state index contributed by atoms with van der Waals surface area (Å²) in [6.07, 6.45) is 2.51. The molecule has 1 aliphatic rings. The molecule has 0 radical (unpaired) electrons. The van der Waals surface area contributed by atoms with Gasteiger partial charge in [0.1, 0.15) is 0 Å². The number of nitrogens with one attached hydrogen (secondary N) is 1. The molecule has 1 aromatic carbocycles. The zero-order chi connectivity index (χ0) is 15.9. The van der Waals surface area contributed by atoms with E-state index in [0.717, 1.165) is 0 Å². The van der Waals surface area contributed by atoms with E-state index in [0.29, 0.717) is 16.3 Å². The average molecular weight is 337 g/mol. The molecule has 1 amide bonds. The van der Waals surface area contributed by atoms with Crippen LogP contribution in [0.4, 0.5) is 5.69 Å². The van der Waals surface area contributed by atoms with Crippen LogP contribution in [0.5, 0.6) is 0 Å². The summed E-state index contributed by atoms with van der Waals surface area (Å²) in [5.41, 5.74) is -1.18. The highest BCUT2D eigenvalue weighted by atomic mass is 35.5. The van der Waals surface area contributed by atoms with Crippen molar-refractivity contribution in [2.75, 3.05) is 5.32 Å². The number of hydrogen-bond donors (Lipinski definition) is 2. The number of aromatic nitrogens is 1. The summed E-state index contributed by atoms with van der Waals surface area (Å²) in [4.78, 5) is 28.3. The molecule has 3 rings (SSSR count). The highest BCUT2D eigenvalue weighted by molar-refractivity contribution is 6.36. The predicted molar refractivity (Wildman–Crippen MR) is 82.2 cm³/mol. The van der Waals surface area contributed by atoms with E-state index in [9.17, 15) is 14.7 Å². The van der Waals surface area contributed by atoms with E-state index in [-0.39, 0.29) is 16.4 Å². The highest BCUT2D eigenvalue weighted by Gasteiger charge is 2.48. The van der Waals surface area contributed by atoms with Gasteiger partial charge in [-0.1, -0.05) is 23.2 Å². The van der Waals surface area contributed by atoms with E-state index >= 15 is 0 Å². The van der Waals surface area contributed by atoms with Crippen LogP contribution in [0.2, 0.25) is 10.0 Å². The molecule has 1 aromatic heterocycles. The van der Waals surface area contributed by atoms with Crippen LogP contribution in [0.15, 0.2) is 36.7 Å². The van der Waals surface area contributed by atoms with E-state index in [4.69, 9.17) is 23.2 Å². The van der Waals surface area contributed by atoms with E-state index < -0.39 is 17.9 Å². The first kappa shape index (κ1) is 15.0. The fraction of sp³-hybridized carbons (Fsp3) is 0.133. The molecule has 5 nitrogen and oxygen atoms in total. The lowest BCUT2D eigenvalue weighted by Gasteiger charge is -2.21. The number of carbonyl (C=O) groups excluding carboxylic acids is 2. The highest BCUT2D eigenvalue weighted by Crippen LogP contribution is 2.44. The molecule has 2 aromatic rings. The number of rotatable bonds is 3. The molecular weight excluding hydrogens is 327 g/mol. The molecule has 22 heavy (non-hydrogen) atoms. The number of benzene rings is 1. The standard InChI is InChI=1S/C15H10Cl2N2O3/c16-9-5-10(17)13-11(6-9)19-14(21)15(13,22)7-12(20)8-1-3-18-4-2-8/h1-6,22H,7H2,(H,19,21)/t15-/m0/s1. The molecule has 0 bridgehead atoms. The summed E-state index contributed by atoms with van der Waals surface area (Å²) in [7, 11) is 0. The monoisotopic (exact) mass is 336 g/mol. The van der Waals surface area contributed by atoms with E-state index in [2.05, 4.69) is 10.3 Å². The third-order valence-corrected chi connectivity index (χ3v) is 4.03. The first-order valence-corrected chi connectivity index (χ1v) is 7.14. The van der Waals surface area contributed by atoms with Crippen molar-refractivity contribution in [2.45, 2.75) is 12.0 Å². The summed E-state index contributed by atoms with van der Waals surface area (Å²) in [5, 5.41) is 13.7. The number of halogens is 2. The Balaban J connectivity index is 2.01. The normalized spacial score (nSPS) is 19.7. The summed E-state index contributed by atoms with van der Waals surface area (Å²) in [6.45, 7) is 0. The fourth-order valence-corrected chi connectivity index (χ4v) is 3.12. The van der Waals surface area contributed by atoms with Crippen LogP contribution in [-0.4, -0.2) is 21.8 Å².